The van der Waals surface area contributed by atoms with Crippen LogP contribution in [-0.2, 0) is 0 Å². The normalized spacial score (nSPS) is 12.6. The molecule has 0 spiro atoms. The summed E-state index contributed by atoms with van der Waals surface area (Å²) in [5.74, 6) is 1.57. The Morgan fingerprint density at radius 2 is 2.05 bits per heavy atom. The predicted octanol–water partition coefficient (Wildman–Crippen LogP) is 1.81. The van der Waals surface area contributed by atoms with Gasteiger partial charge in [-0.3, -0.25) is 0 Å². The van der Waals surface area contributed by atoms with Gasteiger partial charge in [0.2, 0.25) is 0 Å². The number of hydrogen-bond acceptors (Lipinski definition) is 4. The lowest BCUT2D eigenvalue weighted by Crippen LogP contribution is -2.35. The molecule has 0 unspecified atom stereocenters. The van der Waals surface area contributed by atoms with Gasteiger partial charge >= 0.3 is 0 Å². The smallest absolute Gasteiger partial charge is 0.137 e. The third-order valence-corrected chi connectivity index (χ3v) is 2.83. The van der Waals surface area contributed by atoms with Crippen molar-refractivity contribution in [2.45, 2.75) is 26.0 Å². The zero-order valence-corrected chi connectivity index (χ0v) is 11.8. The van der Waals surface area contributed by atoms with Crippen LogP contribution < -0.4 is 10.1 Å². The van der Waals surface area contributed by atoms with Gasteiger partial charge in [0, 0.05) is 30.5 Å². The first-order valence-electron chi connectivity index (χ1n) is 6.79. The topological polar surface area (TPSA) is 70.2 Å². The summed E-state index contributed by atoms with van der Waals surface area (Å²) in [6, 6.07) is 7.98. The molecular formula is C15H21N3O2. The van der Waals surface area contributed by atoms with E-state index in [-0.39, 0.29) is 6.61 Å². The van der Waals surface area contributed by atoms with Gasteiger partial charge in [0.05, 0.1) is 0 Å². The minimum absolute atomic E-state index is 0.278. The van der Waals surface area contributed by atoms with Gasteiger partial charge in [-0.1, -0.05) is 13.8 Å². The van der Waals surface area contributed by atoms with Crippen molar-refractivity contribution in [3.63, 3.8) is 0 Å². The molecule has 2 rings (SSSR count). The molecule has 0 saturated heterocycles. The van der Waals surface area contributed by atoms with E-state index in [1.807, 2.05) is 38.1 Å². The van der Waals surface area contributed by atoms with Crippen LogP contribution in [-0.4, -0.2) is 40.4 Å². The molecule has 0 saturated carbocycles. The predicted molar refractivity (Wildman–Crippen MR) is 78.7 cm³/mol. The summed E-state index contributed by atoms with van der Waals surface area (Å²) in [5.41, 5.74) is 1.00. The molecule has 1 aromatic heterocycles. The Balaban J connectivity index is 1.82. The van der Waals surface area contributed by atoms with Crippen LogP contribution in [0.15, 0.2) is 36.7 Å². The Kier molecular flexibility index (Phi) is 5.15. The lowest BCUT2D eigenvalue weighted by molar-refractivity contribution is 0.104. The molecule has 108 valence electrons. The number of benzene rings is 1. The third-order valence-electron chi connectivity index (χ3n) is 2.83. The summed E-state index contributed by atoms with van der Waals surface area (Å²) in [6.45, 7) is 4.89. The van der Waals surface area contributed by atoms with Crippen LogP contribution in [0.25, 0.3) is 11.4 Å². The zero-order valence-electron chi connectivity index (χ0n) is 11.8. The van der Waals surface area contributed by atoms with Crippen LogP contribution >= 0.6 is 0 Å². The number of aromatic nitrogens is 2. The largest absolute Gasteiger partial charge is 0.491 e. The second-order valence-corrected chi connectivity index (χ2v) is 4.99. The van der Waals surface area contributed by atoms with Crippen LogP contribution in [0, 0.1) is 0 Å². The van der Waals surface area contributed by atoms with Crippen molar-refractivity contribution in [3.8, 4) is 17.1 Å². The summed E-state index contributed by atoms with van der Waals surface area (Å²) < 4.78 is 5.55. The highest BCUT2D eigenvalue weighted by Crippen LogP contribution is 2.19. The van der Waals surface area contributed by atoms with Gasteiger partial charge in [-0.25, -0.2) is 4.98 Å². The van der Waals surface area contributed by atoms with Gasteiger partial charge in [-0.15, -0.1) is 0 Å². The highest BCUT2D eigenvalue weighted by atomic mass is 16.5. The summed E-state index contributed by atoms with van der Waals surface area (Å²) >= 11 is 0. The minimum atomic E-state index is -0.512. The lowest BCUT2D eigenvalue weighted by atomic mass is 10.2. The molecule has 5 nitrogen and oxygen atoms in total. The highest BCUT2D eigenvalue weighted by molar-refractivity contribution is 5.55. The second kappa shape index (κ2) is 7.07. The molecule has 1 atom stereocenters. The molecule has 1 heterocycles. The summed E-state index contributed by atoms with van der Waals surface area (Å²) in [7, 11) is 0. The highest BCUT2D eigenvalue weighted by Gasteiger charge is 2.06. The standard InChI is InChI=1S/C15H21N3O2/c1-11(2)18-9-13(19)10-20-14-5-3-12(4-6-14)15-16-7-8-17-15/h3-8,11,13,18-19H,9-10H2,1-2H3,(H,16,17)/t13-/m1/s1. The first-order valence-corrected chi connectivity index (χ1v) is 6.79. The first kappa shape index (κ1) is 14.6. The van der Waals surface area contributed by atoms with Crippen molar-refractivity contribution in [1.82, 2.24) is 15.3 Å². The Morgan fingerprint density at radius 3 is 2.65 bits per heavy atom. The maximum absolute atomic E-state index is 9.76. The van der Waals surface area contributed by atoms with Crippen LogP contribution in [0.1, 0.15) is 13.8 Å². The van der Waals surface area contributed by atoms with E-state index in [9.17, 15) is 5.11 Å². The number of aromatic amines is 1. The van der Waals surface area contributed by atoms with Crippen molar-refractivity contribution in [1.29, 1.82) is 0 Å². The van der Waals surface area contributed by atoms with E-state index in [0.717, 1.165) is 17.1 Å². The molecule has 20 heavy (non-hydrogen) atoms. The first-order chi connectivity index (χ1) is 9.65. The molecule has 0 amide bonds. The molecule has 0 aliphatic rings. The maximum Gasteiger partial charge on any atom is 0.137 e. The van der Waals surface area contributed by atoms with Gasteiger partial charge in [-0.05, 0) is 24.3 Å². The number of ether oxygens (including phenoxy) is 1. The molecular weight excluding hydrogens is 254 g/mol. The van der Waals surface area contributed by atoms with Crippen LogP contribution in [0.2, 0.25) is 0 Å². The van der Waals surface area contributed by atoms with Gasteiger partial charge in [-0.2, -0.15) is 0 Å². The number of aliphatic hydroxyl groups excluding tert-OH is 1. The average Bonchev–Trinajstić information content (AvgIpc) is 2.97. The number of imidazole rings is 1. The maximum atomic E-state index is 9.76. The van der Waals surface area contributed by atoms with E-state index in [4.69, 9.17) is 4.74 Å². The van der Waals surface area contributed by atoms with E-state index in [1.54, 1.807) is 12.4 Å². The fourth-order valence-corrected chi connectivity index (χ4v) is 1.76. The summed E-state index contributed by atoms with van der Waals surface area (Å²) in [4.78, 5) is 7.24. The van der Waals surface area contributed by atoms with E-state index in [2.05, 4.69) is 15.3 Å². The van der Waals surface area contributed by atoms with E-state index >= 15 is 0 Å². The van der Waals surface area contributed by atoms with Gasteiger partial charge in [0.15, 0.2) is 0 Å². The Bertz CT molecular complexity index is 494. The van der Waals surface area contributed by atoms with Crippen LogP contribution in [0.3, 0.4) is 0 Å². The number of H-pyrrole nitrogens is 1. The van der Waals surface area contributed by atoms with Gasteiger partial charge in [0.25, 0.3) is 0 Å². The van der Waals surface area contributed by atoms with Crippen molar-refractivity contribution >= 4 is 0 Å². The fraction of sp³-hybridized carbons (Fsp3) is 0.400. The molecule has 1 aromatic carbocycles. The van der Waals surface area contributed by atoms with E-state index in [1.165, 1.54) is 0 Å². The molecule has 0 aliphatic carbocycles. The molecule has 0 aliphatic heterocycles. The van der Waals surface area contributed by atoms with Crippen LogP contribution in [0.5, 0.6) is 5.75 Å². The van der Waals surface area contributed by atoms with Crippen molar-refractivity contribution in [2.75, 3.05) is 13.2 Å². The molecule has 5 heteroatoms. The quantitative estimate of drug-likeness (QED) is 0.721. The number of nitrogens with zero attached hydrogens (tertiary/aromatic N) is 1. The Hall–Kier alpha value is -1.85. The van der Waals surface area contributed by atoms with Crippen molar-refractivity contribution in [2.24, 2.45) is 0 Å². The second-order valence-electron chi connectivity index (χ2n) is 4.99. The molecule has 0 bridgehead atoms. The number of hydrogen-bond donors (Lipinski definition) is 3. The monoisotopic (exact) mass is 275 g/mol. The van der Waals surface area contributed by atoms with Crippen LogP contribution in [0.4, 0.5) is 0 Å². The Labute approximate surface area is 119 Å². The van der Waals surface area contributed by atoms with Crippen molar-refractivity contribution < 1.29 is 9.84 Å². The summed E-state index contributed by atoms with van der Waals surface area (Å²) in [5, 5.41) is 12.9. The fourth-order valence-electron chi connectivity index (χ4n) is 1.76. The number of rotatable bonds is 7. The molecule has 2 aromatic rings. The van der Waals surface area contributed by atoms with Crippen molar-refractivity contribution in [3.05, 3.63) is 36.7 Å². The molecule has 0 radical (unpaired) electrons. The minimum Gasteiger partial charge on any atom is -0.491 e. The average molecular weight is 275 g/mol. The molecule has 0 fully saturated rings. The number of nitrogens with one attached hydrogen (secondary N) is 2. The molecule has 3 N–H and O–H groups in total. The SMILES string of the molecule is CC(C)NC[C@@H](O)COc1ccc(-c2ncc[nH]2)cc1. The number of aliphatic hydroxyl groups is 1. The zero-order chi connectivity index (χ0) is 14.4. The Morgan fingerprint density at radius 1 is 1.30 bits per heavy atom. The van der Waals surface area contributed by atoms with Gasteiger partial charge in [0.1, 0.15) is 24.3 Å². The van der Waals surface area contributed by atoms with E-state index in [0.29, 0.717) is 12.6 Å². The van der Waals surface area contributed by atoms with Gasteiger partial charge < -0.3 is 20.1 Å². The van der Waals surface area contributed by atoms with E-state index < -0.39 is 6.10 Å². The summed E-state index contributed by atoms with van der Waals surface area (Å²) in [6.07, 6.45) is 3.00. The lowest BCUT2D eigenvalue weighted by Gasteiger charge is -2.15. The third kappa shape index (κ3) is 4.36.